The zero-order valence-corrected chi connectivity index (χ0v) is 22.9. The number of carbonyl (C=O) groups excluding carboxylic acids is 1. The maximum absolute atomic E-state index is 13.4. The van der Waals surface area contributed by atoms with Crippen LogP contribution in [-0.2, 0) is 16.4 Å². The Morgan fingerprint density at radius 2 is 1.64 bits per heavy atom. The molecule has 2 N–H and O–H groups in total. The minimum Gasteiger partial charge on any atom is -0.497 e. The number of hydrogen-bond donors (Lipinski definition) is 2. The van der Waals surface area contributed by atoms with Crippen molar-refractivity contribution in [2.24, 2.45) is 0 Å². The quantitative estimate of drug-likeness (QED) is 0.213. The normalized spacial score (nSPS) is 15.2. The van der Waals surface area contributed by atoms with Gasteiger partial charge in [0.15, 0.2) is 5.78 Å². The van der Waals surface area contributed by atoms with E-state index in [1.54, 1.807) is 55.7 Å². The van der Waals surface area contributed by atoms with Gasteiger partial charge in [-0.1, -0.05) is 66.7 Å². The predicted molar refractivity (Wildman–Crippen MR) is 155 cm³/mol. The minimum atomic E-state index is -3.93. The van der Waals surface area contributed by atoms with Crippen LogP contribution in [-0.4, -0.2) is 26.8 Å². The van der Waals surface area contributed by atoms with Crippen molar-refractivity contribution in [2.45, 2.75) is 30.7 Å². The Kier molecular flexibility index (Phi) is 7.02. The molecule has 1 aliphatic rings. The molecule has 1 heterocycles. The maximum Gasteiger partial charge on any atom is 0.262 e. The van der Waals surface area contributed by atoms with E-state index >= 15 is 0 Å². The van der Waals surface area contributed by atoms with Crippen LogP contribution in [0.3, 0.4) is 0 Å². The Morgan fingerprint density at radius 1 is 0.897 bits per heavy atom. The monoisotopic (exact) mass is 538 g/mol. The van der Waals surface area contributed by atoms with Gasteiger partial charge in [-0.2, -0.15) is 0 Å². The second-order valence-electron chi connectivity index (χ2n) is 10.2. The number of allylic oxidation sites excluding steroid dienone is 1. The summed E-state index contributed by atoms with van der Waals surface area (Å²) in [7, 11) is -2.32. The highest BCUT2D eigenvalue weighted by atomic mass is 32.2. The fraction of sp³-hybridized carbons (Fsp3) is 0.156. The lowest BCUT2D eigenvalue weighted by Crippen LogP contribution is -2.43. The topological polar surface area (TPSA) is 84.5 Å². The summed E-state index contributed by atoms with van der Waals surface area (Å²) >= 11 is 0. The lowest BCUT2D eigenvalue weighted by Gasteiger charge is -2.35. The van der Waals surface area contributed by atoms with Gasteiger partial charge in [-0.05, 0) is 61.7 Å². The number of hydrogen-bond acceptors (Lipinski definition) is 5. The van der Waals surface area contributed by atoms with Crippen molar-refractivity contribution in [2.75, 3.05) is 11.8 Å². The number of ether oxygens (including phenoxy) is 1. The van der Waals surface area contributed by atoms with E-state index in [0.29, 0.717) is 28.3 Å². The average molecular weight is 539 g/mol. The number of carbonyl (C=O) groups is 1. The van der Waals surface area contributed by atoms with Crippen LogP contribution in [0.25, 0.3) is 16.8 Å². The van der Waals surface area contributed by atoms with Gasteiger partial charge in [0.1, 0.15) is 5.75 Å². The van der Waals surface area contributed by atoms with Gasteiger partial charge in [-0.3, -0.25) is 9.52 Å². The summed E-state index contributed by atoms with van der Waals surface area (Å²) in [6.45, 7) is 4.17. The zero-order chi connectivity index (χ0) is 27.6. The molecule has 0 atom stereocenters. The lowest BCUT2D eigenvalue weighted by molar-refractivity contribution is 0.104. The van der Waals surface area contributed by atoms with Gasteiger partial charge in [0, 0.05) is 39.7 Å². The zero-order valence-electron chi connectivity index (χ0n) is 22.1. The molecule has 0 aromatic heterocycles. The number of benzene rings is 4. The Morgan fingerprint density at radius 3 is 2.41 bits per heavy atom. The second kappa shape index (κ2) is 10.4. The van der Waals surface area contributed by atoms with Gasteiger partial charge >= 0.3 is 0 Å². The number of sulfonamides is 1. The van der Waals surface area contributed by atoms with E-state index < -0.39 is 10.0 Å². The van der Waals surface area contributed by atoms with Crippen LogP contribution in [0.2, 0.25) is 0 Å². The van der Waals surface area contributed by atoms with Gasteiger partial charge < -0.3 is 10.1 Å². The highest BCUT2D eigenvalue weighted by Crippen LogP contribution is 2.33. The Balaban J connectivity index is 1.45. The molecule has 0 spiro atoms. The molecule has 4 aromatic rings. The van der Waals surface area contributed by atoms with Gasteiger partial charge in [0.05, 0.1) is 12.0 Å². The minimum absolute atomic E-state index is 0.161. The van der Waals surface area contributed by atoms with Crippen molar-refractivity contribution in [3.63, 3.8) is 0 Å². The molecule has 0 unspecified atom stereocenters. The van der Waals surface area contributed by atoms with Crippen LogP contribution in [0.1, 0.15) is 35.3 Å². The second-order valence-corrected chi connectivity index (χ2v) is 11.8. The molecule has 0 radical (unpaired) electrons. The van der Waals surface area contributed by atoms with Crippen LogP contribution in [0.5, 0.6) is 5.75 Å². The number of nitrogens with one attached hydrogen (secondary N) is 2. The molecule has 4 aromatic carbocycles. The fourth-order valence-corrected chi connectivity index (χ4v) is 6.15. The van der Waals surface area contributed by atoms with E-state index in [9.17, 15) is 13.2 Å². The van der Waals surface area contributed by atoms with Gasteiger partial charge in [-0.25, -0.2) is 8.42 Å². The van der Waals surface area contributed by atoms with Crippen molar-refractivity contribution < 1.29 is 17.9 Å². The third kappa shape index (κ3) is 5.73. The highest BCUT2D eigenvalue weighted by molar-refractivity contribution is 7.92. The first-order valence-corrected chi connectivity index (χ1v) is 14.1. The summed E-state index contributed by atoms with van der Waals surface area (Å²) in [5, 5.41) is 3.47. The number of methoxy groups -OCH3 is 1. The summed E-state index contributed by atoms with van der Waals surface area (Å²) in [6, 6.07) is 28.6. The van der Waals surface area contributed by atoms with Gasteiger partial charge in [-0.15, -0.1) is 0 Å². The molecular formula is C32H30N2O4S. The molecule has 0 fully saturated rings. The summed E-state index contributed by atoms with van der Waals surface area (Å²) in [6.07, 6.45) is 2.37. The predicted octanol–water partition coefficient (Wildman–Crippen LogP) is 6.31. The third-order valence-electron chi connectivity index (χ3n) is 6.65. The first-order valence-electron chi connectivity index (χ1n) is 12.6. The molecule has 198 valence electrons. The molecule has 0 saturated carbocycles. The molecule has 5 rings (SSSR count). The molecule has 7 heteroatoms. The van der Waals surface area contributed by atoms with Crippen LogP contribution in [0, 0.1) is 0 Å². The standard InChI is InChI=1S/C32H30N2O4S/c1-32(2)21-24-16-17-26(38-3)19-28(24)29(33-32)20-30(35)23-12-9-13-25(18-23)34-39(36,37)31-15-8-7-14-27(31)22-10-5-4-6-11-22/h4-20,33-34H,21H2,1-3H3/b29-20-. The van der Waals surface area contributed by atoms with Crippen molar-refractivity contribution in [3.05, 3.63) is 120 Å². The fourth-order valence-electron chi connectivity index (χ4n) is 4.87. The molecule has 0 saturated heterocycles. The molecule has 0 aliphatic carbocycles. The molecule has 0 amide bonds. The van der Waals surface area contributed by atoms with Crippen molar-refractivity contribution in [1.29, 1.82) is 0 Å². The SMILES string of the molecule is COc1ccc2c(c1)/C(=C/C(=O)c1cccc(NS(=O)(=O)c3ccccc3-c3ccccc3)c1)NC(C)(C)C2. The number of fused-ring (bicyclic) bond motifs is 1. The number of anilines is 1. The van der Waals surface area contributed by atoms with E-state index in [1.165, 1.54) is 0 Å². The number of ketones is 1. The Hall–Kier alpha value is -4.36. The summed E-state index contributed by atoms with van der Waals surface area (Å²) in [5.41, 5.74) is 4.57. The van der Waals surface area contributed by atoms with E-state index in [1.807, 2.05) is 54.6 Å². The first kappa shape index (κ1) is 26.3. The summed E-state index contributed by atoms with van der Waals surface area (Å²) in [5.74, 6) is 0.468. The molecular weight excluding hydrogens is 508 g/mol. The van der Waals surface area contributed by atoms with E-state index in [-0.39, 0.29) is 16.2 Å². The van der Waals surface area contributed by atoms with Crippen LogP contribution in [0.4, 0.5) is 5.69 Å². The van der Waals surface area contributed by atoms with Gasteiger partial charge in [0.25, 0.3) is 10.0 Å². The average Bonchev–Trinajstić information content (AvgIpc) is 2.92. The molecule has 1 aliphatic heterocycles. The molecule has 39 heavy (non-hydrogen) atoms. The van der Waals surface area contributed by atoms with Crippen molar-refractivity contribution in [1.82, 2.24) is 5.32 Å². The third-order valence-corrected chi connectivity index (χ3v) is 8.09. The summed E-state index contributed by atoms with van der Waals surface area (Å²) < 4.78 is 34.9. The Bertz CT molecular complexity index is 1680. The number of rotatable bonds is 7. The van der Waals surface area contributed by atoms with E-state index in [4.69, 9.17) is 4.74 Å². The van der Waals surface area contributed by atoms with Crippen LogP contribution < -0.4 is 14.8 Å². The van der Waals surface area contributed by atoms with Crippen molar-refractivity contribution in [3.8, 4) is 16.9 Å². The van der Waals surface area contributed by atoms with Crippen LogP contribution >= 0.6 is 0 Å². The molecule has 0 bridgehead atoms. The smallest absolute Gasteiger partial charge is 0.262 e. The van der Waals surface area contributed by atoms with Gasteiger partial charge in [0.2, 0.25) is 0 Å². The largest absolute Gasteiger partial charge is 0.497 e. The molecule has 6 nitrogen and oxygen atoms in total. The van der Waals surface area contributed by atoms with E-state index in [0.717, 1.165) is 23.1 Å². The van der Waals surface area contributed by atoms with Crippen LogP contribution in [0.15, 0.2) is 108 Å². The summed E-state index contributed by atoms with van der Waals surface area (Å²) in [4.78, 5) is 13.6. The van der Waals surface area contributed by atoms with Crippen molar-refractivity contribution >= 4 is 27.2 Å². The highest BCUT2D eigenvalue weighted by Gasteiger charge is 2.28. The lowest BCUT2D eigenvalue weighted by atomic mass is 9.85. The van der Waals surface area contributed by atoms with E-state index in [2.05, 4.69) is 23.9 Å². The Labute approximate surface area is 229 Å². The maximum atomic E-state index is 13.4. The first-order chi connectivity index (χ1) is 18.6.